The highest BCUT2D eigenvalue weighted by molar-refractivity contribution is 7.92. The van der Waals surface area contributed by atoms with Gasteiger partial charge >= 0.3 is 0 Å². The van der Waals surface area contributed by atoms with Gasteiger partial charge in [0.05, 0.1) is 10.6 Å². The van der Waals surface area contributed by atoms with Crippen LogP contribution >= 0.6 is 0 Å². The first-order valence-corrected chi connectivity index (χ1v) is 7.85. The number of anilines is 1. The summed E-state index contributed by atoms with van der Waals surface area (Å²) >= 11 is 0. The van der Waals surface area contributed by atoms with Crippen molar-refractivity contribution in [2.75, 3.05) is 10.8 Å². The van der Waals surface area contributed by atoms with E-state index in [4.69, 9.17) is 0 Å². The van der Waals surface area contributed by atoms with Crippen LogP contribution in [0.25, 0.3) is 0 Å². The maximum Gasteiger partial charge on any atom is 0.259 e. The van der Waals surface area contributed by atoms with Crippen LogP contribution in [0.3, 0.4) is 0 Å². The van der Waals surface area contributed by atoms with E-state index < -0.39 is 38.9 Å². The first-order chi connectivity index (χ1) is 10.3. The fourth-order valence-electron chi connectivity index (χ4n) is 2.30. The largest absolute Gasteiger partial charge is 0.504 e. The molecule has 0 saturated heterocycles. The van der Waals surface area contributed by atoms with Crippen LogP contribution in [0, 0.1) is 0 Å². The molecule has 8 heteroatoms. The van der Waals surface area contributed by atoms with Crippen LogP contribution in [0.1, 0.15) is 10.4 Å². The summed E-state index contributed by atoms with van der Waals surface area (Å²) in [7, 11) is -3.61. The van der Waals surface area contributed by atoms with E-state index in [1.54, 1.807) is 12.1 Å². The Hall–Kier alpha value is -2.74. The van der Waals surface area contributed by atoms with Crippen LogP contribution in [0.4, 0.5) is 5.69 Å². The summed E-state index contributed by atoms with van der Waals surface area (Å²) in [5.41, 5.74) is 0.0965. The Morgan fingerprint density at radius 2 is 1.64 bits per heavy atom. The second-order valence-corrected chi connectivity index (χ2v) is 6.74. The van der Waals surface area contributed by atoms with Crippen molar-refractivity contribution in [2.24, 2.45) is 0 Å². The number of carbonyl (C=O) groups excluding carboxylic acids is 1. The molecule has 1 aliphatic rings. The number of phenols is 3. The summed E-state index contributed by atoms with van der Waals surface area (Å²) in [5.74, 6) is -3.31. The third-order valence-electron chi connectivity index (χ3n) is 3.35. The normalized spacial score (nSPS) is 15.5. The van der Waals surface area contributed by atoms with Gasteiger partial charge in [-0.25, -0.2) is 8.42 Å². The van der Waals surface area contributed by atoms with Gasteiger partial charge in [-0.3, -0.25) is 9.69 Å². The SMILES string of the molecule is O=C(c1cc(O)c(O)c(O)c1)N1CS(=O)(=O)c2ccccc21. The molecule has 2 aromatic rings. The number of hydrogen-bond acceptors (Lipinski definition) is 6. The number of carbonyl (C=O) groups is 1. The van der Waals surface area contributed by atoms with Gasteiger partial charge in [-0.1, -0.05) is 12.1 Å². The number of fused-ring (bicyclic) bond motifs is 1. The second kappa shape index (κ2) is 4.63. The number of amides is 1. The third kappa shape index (κ3) is 2.04. The van der Waals surface area contributed by atoms with E-state index in [0.29, 0.717) is 0 Å². The summed E-state index contributed by atoms with van der Waals surface area (Å²) in [6.07, 6.45) is 0. The predicted octanol–water partition coefficient (Wildman–Crippen LogP) is 1.19. The number of phenolic OH excluding ortho intramolecular Hbond substituents is 3. The van der Waals surface area contributed by atoms with E-state index in [1.807, 2.05) is 0 Å². The van der Waals surface area contributed by atoms with Gasteiger partial charge in [-0.05, 0) is 24.3 Å². The number of rotatable bonds is 1. The Morgan fingerprint density at radius 3 is 2.27 bits per heavy atom. The minimum absolute atomic E-state index is 0.0515. The lowest BCUT2D eigenvalue weighted by molar-refractivity contribution is 0.0990. The Kier molecular flexibility index (Phi) is 2.99. The highest BCUT2D eigenvalue weighted by Gasteiger charge is 2.36. The van der Waals surface area contributed by atoms with Gasteiger partial charge in [0.2, 0.25) is 0 Å². The monoisotopic (exact) mass is 321 g/mol. The first kappa shape index (κ1) is 14.2. The van der Waals surface area contributed by atoms with E-state index in [0.717, 1.165) is 17.0 Å². The van der Waals surface area contributed by atoms with Crippen molar-refractivity contribution in [1.29, 1.82) is 0 Å². The number of aromatic hydroxyl groups is 3. The topological polar surface area (TPSA) is 115 Å². The van der Waals surface area contributed by atoms with Gasteiger partial charge in [0.25, 0.3) is 5.91 Å². The molecule has 7 nitrogen and oxygen atoms in total. The lowest BCUT2D eigenvalue weighted by atomic mass is 10.1. The van der Waals surface area contributed by atoms with Crippen molar-refractivity contribution in [3.05, 3.63) is 42.0 Å². The molecule has 114 valence electrons. The fraction of sp³-hybridized carbons (Fsp3) is 0.0714. The summed E-state index contributed by atoms with van der Waals surface area (Å²) in [6, 6.07) is 7.99. The Morgan fingerprint density at radius 1 is 1.05 bits per heavy atom. The van der Waals surface area contributed by atoms with Crippen LogP contribution < -0.4 is 4.90 Å². The van der Waals surface area contributed by atoms with Crippen molar-refractivity contribution in [3.63, 3.8) is 0 Å². The van der Waals surface area contributed by atoms with E-state index in [9.17, 15) is 28.5 Å². The molecule has 2 aromatic carbocycles. The molecule has 0 radical (unpaired) electrons. The molecule has 0 saturated carbocycles. The van der Waals surface area contributed by atoms with Crippen LogP contribution in [-0.2, 0) is 9.84 Å². The highest BCUT2D eigenvalue weighted by Crippen LogP contribution is 2.38. The van der Waals surface area contributed by atoms with Gasteiger partial charge in [0, 0.05) is 5.56 Å². The van der Waals surface area contributed by atoms with Crippen LogP contribution in [0.15, 0.2) is 41.3 Å². The van der Waals surface area contributed by atoms with Gasteiger partial charge in [-0.2, -0.15) is 0 Å². The predicted molar refractivity (Wildman–Crippen MR) is 76.7 cm³/mol. The fourth-order valence-corrected chi connectivity index (χ4v) is 3.82. The van der Waals surface area contributed by atoms with Gasteiger partial charge in [-0.15, -0.1) is 0 Å². The molecule has 1 heterocycles. The smallest absolute Gasteiger partial charge is 0.259 e. The van der Waals surface area contributed by atoms with Crippen molar-refractivity contribution in [3.8, 4) is 17.2 Å². The molecule has 0 aliphatic carbocycles. The van der Waals surface area contributed by atoms with Crippen molar-refractivity contribution in [1.82, 2.24) is 0 Å². The molecule has 22 heavy (non-hydrogen) atoms. The van der Waals surface area contributed by atoms with Gasteiger partial charge in [0.1, 0.15) is 5.88 Å². The second-order valence-electron chi connectivity index (χ2n) is 4.81. The molecule has 0 fully saturated rings. The Bertz CT molecular complexity index is 867. The highest BCUT2D eigenvalue weighted by atomic mass is 32.2. The number of nitrogens with zero attached hydrogens (tertiary/aromatic N) is 1. The lowest BCUT2D eigenvalue weighted by Crippen LogP contribution is -2.30. The van der Waals surface area contributed by atoms with Crippen LogP contribution in [0.2, 0.25) is 0 Å². The molecule has 1 amide bonds. The number of sulfone groups is 1. The minimum Gasteiger partial charge on any atom is -0.504 e. The van der Waals surface area contributed by atoms with Crippen LogP contribution in [-0.4, -0.2) is 35.5 Å². The molecule has 0 unspecified atom stereocenters. The zero-order valence-corrected chi connectivity index (χ0v) is 11.9. The van der Waals surface area contributed by atoms with Crippen molar-refractivity contribution in [2.45, 2.75) is 4.90 Å². The number of para-hydroxylation sites is 1. The minimum atomic E-state index is -3.61. The summed E-state index contributed by atoms with van der Waals surface area (Å²) < 4.78 is 24.1. The molecule has 0 aromatic heterocycles. The average molecular weight is 321 g/mol. The maximum atomic E-state index is 12.5. The molecular formula is C14H11NO6S. The Balaban J connectivity index is 2.08. The lowest BCUT2D eigenvalue weighted by Gasteiger charge is -2.16. The van der Waals surface area contributed by atoms with E-state index in [1.165, 1.54) is 12.1 Å². The summed E-state index contributed by atoms with van der Waals surface area (Å²) in [4.78, 5) is 13.6. The van der Waals surface area contributed by atoms with E-state index in [-0.39, 0.29) is 16.1 Å². The maximum absolute atomic E-state index is 12.5. The van der Waals surface area contributed by atoms with E-state index >= 15 is 0 Å². The summed E-state index contributed by atoms with van der Waals surface area (Å²) in [5, 5.41) is 28.2. The average Bonchev–Trinajstić information content (AvgIpc) is 2.76. The van der Waals surface area contributed by atoms with Crippen molar-refractivity contribution < 1.29 is 28.5 Å². The van der Waals surface area contributed by atoms with Crippen molar-refractivity contribution >= 4 is 21.4 Å². The molecule has 0 spiro atoms. The molecular weight excluding hydrogens is 310 g/mol. The molecule has 3 rings (SSSR count). The van der Waals surface area contributed by atoms with Gasteiger partial charge < -0.3 is 15.3 Å². The molecule has 0 bridgehead atoms. The Labute approximate surface area is 125 Å². The quantitative estimate of drug-likeness (QED) is 0.680. The third-order valence-corrected chi connectivity index (χ3v) is 4.97. The van der Waals surface area contributed by atoms with Gasteiger partial charge in [0.15, 0.2) is 27.1 Å². The molecule has 1 aliphatic heterocycles. The molecule has 3 N–H and O–H groups in total. The zero-order valence-electron chi connectivity index (χ0n) is 11.1. The summed E-state index contributed by atoms with van der Waals surface area (Å²) in [6.45, 7) is 0. The zero-order chi connectivity index (χ0) is 16.1. The number of benzene rings is 2. The first-order valence-electron chi connectivity index (χ1n) is 6.20. The van der Waals surface area contributed by atoms with Crippen LogP contribution in [0.5, 0.6) is 17.2 Å². The standard InChI is InChI=1S/C14H11NO6S/c16-10-5-8(6-11(17)13(10)18)14(19)15-7-22(20,21)12-4-2-1-3-9(12)15/h1-6,16-18H,7H2. The van der Waals surface area contributed by atoms with E-state index in [2.05, 4.69) is 0 Å². The molecule has 0 atom stereocenters. The number of hydrogen-bond donors (Lipinski definition) is 3.